The highest BCUT2D eigenvalue weighted by atomic mass is 16.2. The van der Waals surface area contributed by atoms with Crippen LogP contribution in [0.5, 0.6) is 0 Å². The van der Waals surface area contributed by atoms with Crippen molar-refractivity contribution < 1.29 is 9.59 Å². The lowest BCUT2D eigenvalue weighted by atomic mass is 9.87. The summed E-state index contributed by atoms with van der Waals surface area (Å²) in [6.07, 6.45) is 0. The SMILES string of the molecule is CC(=O)N1C[C@H]2CN(C(=O)c3ccc(C)c(C)c3)[C@H](c3ccccc3C)[C@H]2C1. The van der Waals surface area contributed by atoms with Crippen molar-refractivity contribution in [2.75, 3.05) is 19.6 Å². The average Bonchev–Trinajstić information content (AvgIpc) is 3.22. The average molecular weight is 377 g/mol. The van der Waals surface area contributed by atoms with Gasteiger partial charge in [0.15, 0.2) is 0 Å². The summed E-state index contributed by atoms with van der Waals surface area (Å²) in [4.78, 5) is 29.4. The van der Waals surface area contributed by atoms with E-state index in [1.165, 1.54) is 16.7 Å². The van der Waals surface area contributed by atoms with Crippen molar-refractivity contribution in [3.05, 3.63) is 70.3 Å². The fraction of sp³-hybridized carbons (Fsp3) is 0.417. The Morgan fingerprint density at radius 3 is 2.32 bits per heavy atom. The highest BCUT2D eigenvalue weighted by molar-refractivity contribution is 5.95. The van der Waals surface area contributed by atoms with Gasteiger partial charge in [-0.05, 0) is 55.2 Å². The van der Waals surface area contributed by atoms with Crippen molar-refractivity contribution in [1.29, 1.82) is 0 Å². The van der Waals surface area contributed by atoms with Crippen LogP contribution in [-0.4, -0.2) is 41.2 Å². The molecule has 2 aromatic carbocycles. The van der Waals surface area contributed by atoms with Gasteiger partial charge in [-0.15, -0.1) is 0 Å². The second kappa shape index (κ2) is 7.08. The molecule has 0 radical (unpaired) electrons. The van der Waals surface area contributed by atoms with Gasteiger partial charge in [0.05, 0.1) is 6.04 Å². The molecule has 146 valence electrons. The summed E-state index contributed by atoms with van der Waals surface area (Å²) < 4.78 is 0. The molecule has 2 amide bonds. The first-order valence-corrected chi connectivity index (χ1v) is 10.1. The van der Waals surface area contributed by atoms with Gasteiger partial charge in [0, 0.05) is 44.0 Å². The second-order valence-electron chi connectivity index (χ2n) is 8.41. The van der Waals surface area contributed by atoms with Gasteiger partial charge in [-0.1, -0.05) is 30.3 Å². The molecule has 0 unspecified atom stereocenters. The minimum absolute atomic E-state index is 0.0182. The van der Waals surface area contributed by atoms with Gasteiger partial charge in [-0.25, -0.2) is 0 Å². The molecule has 0 aliphatic carbocycles. The number of likely N-dealkylation sites (tertiary alicyclic amines) is 2. The van der Waals surface area contributed by atoms with Crippen molar-refractivity contribution in [3.8, 4) is 0 Å². The molecular formula is C24H28N2O2. The monoisotopic (exact) mass is 376 g/mol. The normalized spacial score (nSPS) is 23.8. The van der Waals surface area contributed by atoms with Crippen molar-refractivity contribution in [1.82, 2.24) is 9.80 Å². The van der Waals surface area contributed by atoms with E-state index in [9.17, 15) is 9.59 Å². The zero-order valence-electron chi connectivity index (χ0n) is 17.1. The van der Waals surface area contributed by atoms with Crippen molar-refractivity contribution in [2.24, 2.45) is 11.8 Å². The summed E-state index contributed by atoms with van der Waals surface area (Å²) >= 11 is 0. The van der Waals surface area contributed by atoms with E-state index in [4.69, 9.17) is 0 Å². The van der Waals surface area contributed by atoms with E-state index < -0.39 is 0 Å². The highest BCUT2D eigenvalue weighted by Crippen LogP contribution is 2.46. The number of rotatable bonds is 2. The van der Waals surface area contributed by atoms with Gasteiger partial charge in [0.2, 0.25) is 5.91 Å². The number of amides is 2. The lowest BCUT2D eigenvalue weighted by Crippen LogP contribution is -2.37. The van der Waals surface area contributed by atoms with Gasteiger partial charge in [-0.2, -0.15) is 0 Å². The molecule has 0 bridgehead atoms. The summed E-state index contributed by atoms with van der Waals surface area (Å²) in [5.74, 6) is 0.856. The highest BCUT2D eigenvalue weighted by Gasteiger charge is 2.50. The molecule has 2 fully saturated rings. The molecule has 0 saturated carbocycles. The summed E-state index contributed by atoms with van der Waals surface area (Å²) in [5.41, 5.74) is 5.50. The van der Waals surface area contributed by atoms with Crippen LogP contribution < -0.4 is 0 Å². The molecule has 3 atom stereocenters. The molecule has 0 N–H and O–H groups in total. The fourth-order valence-electron chi connectivity index (χ4n) is 4.87. The quantitative estimate of drug-likeness (QED) is 0.797. The summed E-state index contributed by atoms with van der Waals surface area (Å²) in [7, 11) is 0. The smallest absolute Gasteiger partial charge is 0.254 e. The number of hydrogen-bond acceptors (Lipinski definition) is 2. The van der Waals surface area contributed by atoms with E-state index in [2.05, 4.69) is 30.9 Å². The van der Waals surface area contributed by atoms with Gasteiger partial charge in [-0.3, -0.25) is 9.59 Å². The molecule has 4 heteroatoms. The van der Waals surface area contributed by atoms with E-state index in [0.29, 0.717) is 18.4 Å². The van der Waals surface area contributed by atoms with Gasteiger partial charge < -0.3 is 9.80 Å². The predicted octanol–water partition coefficient (Wildman–Crippen LogP) is 3.90. The molecule has 2 aromatic rings. The zero-order valence-corrected chi connectivity index (χ0v) is 17.1. The number of nitrogens with zero attached hydrogens (tertiary/aromatic N) is 2. The molecular weight excluding hydrogens is 348 g/mol. The van der Waals surface area contributed by atoms with Crippen molar-refractivity contribution in [3.63, 3.8) is 0 Å². The summed E-state index contributed by atoms with van der Waals surface area (Å²) in [6.45, 7) is 10.1. The molecule has 2 aliphatic rings. The number of benzene rings is 2. The number of fused-ring (bicyclic) bond motifs is 1. The first-order chi connectivity index (χ1) is 13.4. The molecule has 0 aromatic heterocycles. The van der Waals surface area contributed by atoms with E-state index in [1.54, 1.807) is 6.92 Å². The minimum Gasteiger partial charge on any atom is -0.342 e. The van der Waals surface area contributed by atoms with Crippen LogP contribution >= 0.6 is 0 Å². The number of hydrogen-bond donors (Lipinski definition) is 0. The van der Waals surface area contributed by atoms with E-state index in [-0.39, 0.29) is 17.9 Å². The molecule has 2 aliphatic heterocycles. The molecule has 0 spiro atoms. The Morgan fingerprint density at radius 1 is 0.893 bits per heavy atom. The Morgan fingerprint density at radius 2 is 1.64 bits per heavy atom. The first-order valence-electron chi connectivity index (χ1n) is 10.1. The Bertz CT molecular complexity index is 936. The fourth-order valence-corrected chi connectivity index (χ4v) is 4.87. The lowest BCUT2D eigenvalue weighted by Gasteiger charge is -2.31. The lowest BCUT2D eigenvalue weighted by molar-refractivity contribution is -0.128. The molecule has 28 heavy (non-hydrogen) atoms. The van der Waals surface area contributed by atoms with Gasteiger partial charge >= 0.3 is 0 Å². The van der Waals surface area contributed by atoms with Crippen LogP contribution in [0.25, 0.3) is 0 Å². The van der Waals surface area contributed by atoms with Crippen LogP contribution in [0.15, 0.2) is 42.5 Å². The van der Waals surface area contributed by atoms with Crippen LogP contribution in [0, 0.1) is 32.6 Å². The zero-order chi connectivity index (χ0) is 20.0. The van der Waals surface area contributed by atoms with Gasteiger partial charge in [0.25, 0.3) is 5.91 Å². The number of aryl methyl sites for hydroxylation is 3. The minimum atomic E-state index is 0.0182. The second-order valence-corrected chi connectivity index (χ2v) is 8.41. The topological polar surface area (TPSA) is 40.6 Å². The third-order valence-corrected chi connectivity index (χ3v) is 6.63. The molecule has 4 rings (SSSR count). The largest absolute Gasteiger partial charge is 0.342 e. The Balaban J connectivity index is 1.72. The van der Waals surface area contributed by atoms with Crippen molar-refractivity contribution in [2.45, 2.75) is 33.7 Å². The van der Waals surface area contributed by atoms with Crippen LogP contribution in [0.1, 0.15) is 45.6 Å². The van der Waals surface area contributed by atoms with Crippen LogP contribution in [0.4, 0.5) is 0 Å². The van der Waals surface area contributed by atoms with Crippen LogP contribution in [0.3, 0.4) is 0 Å². The Kier molecular flexibility index (Phi) is 4.74. The predicted molar refractivity (Wildman–Crippen MR) is 110 cm³/mol. The standard InChI is InChI=1S/C24H28N2O2/c1-15-9-10-19(11-17(15)3)24(28)26-13-20-12-25(18(4)27)14-22(20)23(26)21-8-6-5-7-16(21)2/h5-11,20,22-23H,12-14H2,1-4H3/t20-,22-,23+/m0/s1. The maximum atomic E-state index is 13.5. The van der Waals surface area contributed by atoms with Crippen molar-refractivity contribution >= 4 is 11.8 Å². The van der Waals surface area contributed by atoms with Crippen LogP contribution in [-0.2, 0) is 4.79 Å². The Labute approximate surface area is 167 Å². The van der Waals surface area contributed by atoms with E-state index in [1.807, 2.05) is 42.2 Å². The summed E-state index contributed by atoms with van der Waals surface area (Å²) in [5, 5.41) is 0. The van der Waals surface area contributed by atoms with Crippen LogP contribution in [0.2, 0.25) is 0 Å². The maximum absolute atomic E-state index is 13.5. The third kappa shape index (κ3) is 3.11. The number of carbonyl (C=O) groups is 2. The number of carbonyl (C=O) groups excluding carboxylic acids is 2. The summed E-state index contributed by atoms with van der Waals surface area (Å²) in [6, 6.07) is 14.3. The molecule has 2 saturated heterocycles. The molecule has 2 heterocycles. The van der Waals surface area contributed by atoms with E-state index in [0.717, 1.165) is 24.2 Å². The maximum Gasteiger partial charge on any atom is 0.254 e. The van der Waals surface area contributed by atoms with E-state index >= 15 is 0 Å². The first kappa shape index (κ1) is 18.7. The Hall–Kier alpha value is -2.62. The molecule has 4 nitrogen and oxygen atoms in total. The van der Waals surface area contributed by atoms with Gasteiger partial charge in [0.1, 0.15) is 0 Å². The third-order valence-electron chi connectivity index (χ3n) is 6.63.